The molecular weight excluding hydrogens is 486 g/mol. The molecule has 0 radical (unpaired) electrons. The molecule has 0 atom stereocenters. The zero-order valence-electron chi connectivity index (χ0n) is 23.1. The van der Waals surface area contributed by atoms with Crippen molar-refractivity contribution in [3.05, 3.63) is 139 Å². The summed E-state index contributed by atoms with van der Waals surface area (Å²) in [5.74, 6) is 1.64. The Balaban J connectivity index is 1.43. The van der Waals surface area contributed by atoms with Crippen LogP contribution >= 0.6 is 0 Å². The number of nitrogens with zero attached hydrogens (tertiary/aromatic N) is 1. The maximum absolute atomic E-state index is 6.12. The van der Waals surface area contributed by atoms with Gasteiger partial charge in [-0.15, -0.1) is 0 Å². The zero-order chi connectivity index (χ0) is 27.3. The highest BCUT2D eigenvalue weighted by atomic mass is 16.5. The van der Waals surface area contributed by atoms with Gasteiger partial charge in [0.05, 0.1) is 5.69 Å². The molecule has 0 aliphatic rings. The van der Waals surface area contributed by atoms with Crippen LogP contribution in [0.4, 0.5) is 17.1 Å². The van der Waals surface area contributed by atoms with Crippen molar-refractivity contribution in [2.24, 2.45) is 0 Å². The Kier molecular flexibility index (Phi) is 5.71. The van der Waals surface area contributed by atoms with E-state index in [0.29, 0.717) is 0 Å². The summed E-state index contributed by atoms with van der Waals surface area (Å²) >= 11 is 0. The lowest BCUT2D eigenvalue weighted by Crippen LogP contribution is -2.14. The van der Waals surface area contributed by atoms with Crippen LogP contribution in [0.2, 0.25) is 0 Å². The molecule has 0 N–H and O–H groups in total. The fourth-order valence-electron chi connectivity index (χ4n) is 5.74. The van der Waals surface area contributed by atoms with Gasteiger partial charge in [-0.1, -0.05) is 99.6 Å². The van der Waals surface area contributed by atoms with Crippen molar-refractivity contribution in [1.29, 1.82) is 0 Å². The van der Waals surface area contributed by atoms with Crippen LogP contribution in [-0.4, -0.2) is 0 Å². The Bertz CT molecular complexity index is 1930. The number of hydrogen-bond acceptors (Lipinski definition) is 2. The van der Waals surface area contributed by atoms with E-state index in [4.69, 9.17) is 4.74 Å². The molecule has 194 valence electrons. The Hall–Kier alpha value is -4.82. The third-order valence-electron chi connectivity index (χ3n) is 7.79. The van der Waals surface area contributed by atoms with Crippen molar-refractivity contribution >= 4 is 49.4 Å². The van der Waals surface area contributed by atoms with Gasteiger partial charge in [0.1, 0.15) is 11.5 Å². The SMILES string of the molecule is CC(C)(C)c1cccc(N(c2ccc(Oc3ccccc3)cc2)c2ccc3ccc4cccc5ccc2c3c45)c1. The van der Waals surface area contributed by atoms with E-state index in [1.165, 1.54) is 37.9 Å². The lowest BCUT2D eigenvalue weighted by atomic mass is 9.86. The first kappa shape index (κ1) is 24.2. The molecule has 0 aliphatic carbocycles. The van der Waals surface area contributed by atoms with Crippen LogP contribution in [0.1, 0.15) is 26.3 Å². The highest BCUT2D eigenvalue weighted by Crippen LogP contribution is 2.44. The summed E-state index contributed by atoms with van der Waals surface area (Å²) in [6, 6.07) is 47.4. The number of para-hydroxylation sites is 1. The smallest absolute Gasteiger partial charge is 0.127 e. The number of benzene rings is 7. The molecule has 0 fully saturated rings. The first-order valence-electron chi connectivity index (χ1n) is 13.9. The summed E-state index contributed by atoms with van der Waals surface area (Å²) < 4.78 is 6.12. The lowest BCUT2D eigenvalue weighted by Gasteiger charge is -2.29. The molecular formula is C38H31NO. The highest BCUT2D eigenvalue weighted by Gasteiger charge is 2.21. The molecule has 2 nitrogen and oxygen atoms in total. The molecule has 7 aromatic carbocycles. The molecule has 0 spiro atoms. The van der Waals surface area contributed by atoms with Crippen molar-refractivity contribution in [3.8, 4) is 11.5 Å². The largest absolute Gasteiger partial charge is 0.457 e. The summed E-state index contributed by atoms with van der Waals surface area (Å²) in [7, 11) is 0. The van der Waals surface area contributed by atoms with Gasteiger partial charge in [0, 0.05) is 16.8 Å². The van der Waals surface area contributed by atoms with E-state index in [1.54, 1.807) is 0 Å². The van der Waals surface area contributed by atoms with Gasteiger partial charge in [-0.25, -0.2) is 0 Å². The van der Waals surface area contributed by atoms with E-state index in [9.17, 15) is 0 Å². The first-order chi connectivity index (χ1) is 19.5. The maximum atomic E-state index is 6.12. The minimum Gasteiger partial charge on any atom is -0.457 e. The van der Waals surface area contributed by atoms with E-state index in [1.807, 2.05) is 30.3 Å². The second kappa shape index (κ2) is 9.43. The van der Waals surface area contributed by atoms with Crippen molar-refractivity contribution < 1.29 is 4.74 Å². The van der Waals surface area contributed by atoms with E-state index >= 15 is 0 Å². The van der Waals surface area contributed by atoms with Crippen molar-refractivity contribution in [1.82, 2.24) is 0 Å². The van der Waals surface area contributed by atoms with E-state index in [2.05, 4.69) is 129 Å². The van der Waals surface area contributed by atoms with Gasteiger partial charge >= 0.3 is 0 Å². The average molecular weight is 518 g/mol. The molecule has 0 aliphatic heterocycles. The molecule has 0 bridgehead atoms. The van der Waals surface area contributed by atoms with E-state index in [0.717, 1.165) is 28.6 Å². The number of anilines is 3. The third kappa shape index (κ3) is 4.23. The first-order valence-corrected chi connectivity index (χ1v) is 13.9. The van der Waals surface area contributed by atoms with Crippen molar-refractivity contribution in [3.63, 3.8) is 0 Å². The Morgan fingerprint density at radius 2 is 1.12 bits per heavy atom. The van der Waals surface area contributed by atoms with Crippen LogP contribution < -0.4 is 9.64 Å². The molecule has 0 saturated heterocycles. The van der Waals surface area contributed by atoms with Gasteiger partial charge < -0.3 is 9.64 Å². The van der Waals surface area contributed by atoms with Crippen LogP contribution in [0.25, 0.3) is 32.3 Å². The van der Waals surface area contributed by atoms with Gasteiger partial charge in [0.25, 0.3) is 0 Å². The maximum Gasteiger partial charge on any atom is 0.127 e. The molecule has 0 unspecified atom stereocenters. The normalized spacial score (nSPS) is 11.9. The number of hydrogen-bond donors (Lipinski definition) is 0. The number of rotatable bonds is 5. The van der Waals surface area contributed by atoms with Crippen LogP contribution in [0.15, 0.2) is 133 Å². The minimum absolute atomic E-state index is 0.0394. The topological polar surface area (TPSA) is 12.5 Å². The van der Waals surface area contributed by atoms with Gasteiger partial charge in [0.15, 0.2) is 0 Å². The molecule has 40 heavy (non-hydrogen) atoms. The van der Waals surface area contributed by atoms with E-state index < -0.39 is 0 Å². The van der Waals surface area contributed by atoms with Crippen molar-refractivity contribution in [2.45, 2.75) is 26.2 Å². The molecule has 7 rings (SSSR count). The quantitative estimate of drug-likeness (QED) is 0.211. The monoisotopic (exact) mass is 517 g/mol. The summed E-state index contributed by atoms with van der Waals surface area (Å²) in [6.45, 7) is 6.80. The Labute approximate surface area is 235 Å². The molecule has 0 amide bonds. The predicted molar refractivity (Wildman–Crippen MR) is 170 cm³/mol. The lowest BCUT2D eigenvalue weighted by molar-refractivity contribution is 0.483. The molecule has 0 saturated carbocycles. The summed E-state index contributed by atoms with van der Waals surface area (Å²) in [6.07, 6.45) is 0. The Morgan fingerprint density at radius 1 is 0.500 bits per heavy atom. The summed E-state index contributed by atoms with van der Waals surface area (Å²) in [5.41, 5.74) is 4.73. The second-order valence-corrected chi connectivity index (χ2v) is 11.5. The molecule has 0 heterocycles. The molecule has 7 aromatic rings. The highest BCUT2D eigenvalue weighted by molar-refractivity contribution is 6.25. The van der Waals surface area contributed by atoms with Gasteiger partial charge in [-0.05, 0) is 92.5 Å². The molecule has 0 aromatic heterocycles. The van der Waals surface area contributed by atoms with Gasteiger partial charge in [0.2, 0.25) is 0 Å². The van der Waals surface area contributed by atoms with Crippen molar-refractivity contribution in [2.75, 3.05) is 4.90 Å². The Morgan fingerprint density at radius 3 is 1.85 bits per heavy atom. The summed E-state index contributed by atoms with van der Waals surface area (Å²) in [4.78, 5) is 2.38. The van der Waals surface area contributed by atoms with Crippen LogP contribution in [0.3, 0.4) is 0 Å². The third-order valence-corrected chi connectivity index (χ3v) is 7.79. The minimum atomic E-state index is 0.0394. The second-order valence-electron chi connectivity index (χ2n) is 11.5. The fraction of sp³-hybridized carbons (Fsp3) is 0.105. The van der Waals surface area contributed by atoms with E-state index in [-0.39, 0.29) is 5.41 Å². The van der Waals surface area contributed by atoms with Gasteiger partial charge in [-0.2, -0.15) is 0 Å². The predicted octanol–water partition coefficient (Wildman–Crippen LogP) is 11.1. The summed E-state index contributed by atoms with van der Waals surface area (Å²) in [5, 5.41) is 7.70. The van der Waals surface area contributed by atoms with Crippen LogP contribution in [0, 0.1) is 0 Å². The molecule has 2 heteroatoms. The number of ether oxygens (including phenoxy) is 1. The average Bonchev–Trinajstić information content (AvgIpc) is 2.98. The van der Waals surface area contributed by atoms with Gasteiger partial charge in [-0.3, -0.25) is 0 Å². The fourth-order valence-corrected chi connectivity index (χ4v) is 5.74. The van der Waals surface area contributed by atoms with Crippen LogP contribution in [0.5, 0.6) is 11.5 Å². The van der Waals surface area contributed by atoms with Crippen LogP contribution in [-0.2, 0) is 5.41 Å². The zero-order valence-corrected chi connectivity index (χ0v) is 23.1. The standard InChI is InChI=1S/C38H31NO/c1-38(2,3)29-11-8-12-31(25-29)39(30-19-21-33(22-20-30)40-32-13-5-4-6-14-32)35-24-18-28-16-15-26-9-7-10-27-17-23-34(35)37(28)36(26)27/h4-25H,1-3H3.